The van der Waals surface area contributed by atoms with Crippen LogP contribution in [0.3, 0.4) is 0 Å². The molecule has 2 rings (SSSR count). The van der Waals surface area contributed by atoms with E-state index in [2.05, 4.69) is 12.2 Å². The summed E-state index contributed by atoms with van der Waals surface area (Å²) in [4.78, 5) is 28.3. The number of carbonyl (C=O) groups is 2. The van der Waals surface area contributed by atoms with Gasteiger partial charge in [-0.05, 0) is 57.6 Å². The zero-order chi connectivity index (χ0) is 16.3. The molecule has 122 valence electrons. The summed E-state index contributed by atoms with van der Waals surface area (Å²) < 4.78 is 0. The number of likely N-dealkylation sites (N-methyl/N-ethyl adjacent to an activating group) is 1. The molecule has 1 N–H and O–H groups in total. The van der Waals surface area contributed by atoms with E-state index in [0.717, 1.165) is 17.7 Å². The van der Waals surface area contributed by atoms with Gasteiger partial charge in [-0.1, -0.05) is 6.92 Å². The molecule has 1 atom stereocenters. The monoisotopic (exact) mass is 322 g/mol. The molecular weight excluding hydrogens is 296 g/mol. The lowest BCUT2D eigenvalue weighted by atomic mass is 9.90. The molecule has 0 aromatic carbocycles. The third kappa shape index (κ3) is 4.09. The highest BCUT2D eigenvalue weighted by Crippen LogP contribution is 2.32. The summed E-state index contributed by atoms with van der Waals surface area (Å²) in [5, 5.41) is 2.84. The predicted octanol–water partition coefficient (Wildman–Crippen LogP) is 2.86. The van der Waals surface area contributed by atoms with Crippen molar-refractivity contribution in [2.24, 2.45) is 5.92 Å². The highest BCUT2D eigenvalue weighted by molar-refractivity contribution is 7.14. The molecule has 0 unspecified atom stereocenters. The number of aryl methyl sites for hydroxylation is 1. The summed E-state index contributed by atoms with van der Waals surface area (Å²) in [5.74, 6) is 0.581. The average Bonchev–Trinajstić information content (AvgIpc) is 2.86. The van der Waals surface area contributed by atoms with E-state index in [-0.39, 0.29) is 24.4 Å². The average molecular weight is 322 g/mol. The number of hydrogen-bond donors (Lipinski definition) is 1. The van der Waals surface area contributed by atoms with E-state index in [0.29, 0.717) is 12.5 Å². The van der Waals surface area contributed by atoms with E-state index in [4.69, 9.17) is 0 Å². The van der Waals surface area contributed by atoms with Gasteiger partial charge in [0.2, 0.25) is 5.91 Å². The van der Waals surface area contributed by atoms with Gasteiger partial charge in [0, 0.05) is 17.5 Å². The normalized spacial score (nSPS) is 17.2. The van der Waals surface area contributed by atoms with Gasteiger partial charge < -0.3 is 10.2 Å². The van der Waals surface area contributed by atoms with E-state index < -0.39 is 0 Å². The van der Waals surface area contributed by atoms with E-state index in [1.807, 2.05) is 26.8 Å². The van der Waals surface area contributed by atoms with Crippen molar-refractivity contribution in [3.63, 3.8) is 0 Å². The van der Waals surface area contributed by atoms with E-state index in [1.54, 1.807) is 16.2 Å². The molecule has 0 fully saturated rings. The molecule has 0 saturated heterocycles. The zero-order valence-electron chi connectivity index (χ0n) is 13.9. The van der Waals surface area contributed by atoms with Crippen LogP contribution in [-0.2, 0) is 17.6 Å². The highest BCUT2D eigenvalue weighted by Gasteiger charge is 2.24. The molecule has 1 heterocycles. The maximum absolute atomic E-state index is 12.7. The number of nitrogens with one attached hydrogen (secondary N) is 1. The van der Waals surface area contributed by atoms with Crippen LogP contribution in [0, 0.1) is 5.92 Å². The number of rotatable bonds is 5. The van der Waals surface area contributed by atoms with E-state index in [1.165, 1.54) is 16.9 Å². The van der Waals surface area contributed by atoms with Gasteiger partial charge >= 0.3 is 0 Å². The lowest BCUT2D eigenvalue weighted by molar-refractivity contribution is -0.122. The van der Waals surface area contributed by atoms with Crippen LogP contribution < -0.4 is 5.32 Å². The maximum atomic E-state index is 12.7. The van der Waals surface area contributed by atoms with Crippen LogP contribution in [0.2, 0.25) is 0 Å². The number of hydrogen-bond acceptors (Lipinski definition) is 3. The molecule has 1 aromatic heterocycles. The fourth-order valence-corrected chi connectivity index (χ4v) is 4.01. The van der Waals surface area contributed by atoms with Crippen LogP contribution in [0.5, 0.6) is 0 Å². The molecule has 0 bridgehead atoms. The Bertz CT molecular complexity index is 551. The largest absolute Gasteiger partial charge is 0.352 e. The Labute approximate surface area is 136 Å². The van der Waals surface area contributed by atoms with Gasteiger partial charge in [-0.3, -0.25) is 9.59 Å². The SMILES string of the molecule is CCN(CC(=O)NC(C)C)C(=O)c1cc2c(s1)CC[C@H](C)C2. The van der Waals surface area contributed by atoms with Gasteiger partial charge in [0.05, 0.1) is 11.4 Å². The maximum Gasteiger partial charge on any atom is 0.264 e. The van der Waals surface area contributed by atoms with Crippen LogP contribution in [0.25, 0.3) is 0 Å². The third-order valence-corrected chi connectivity index (χ3v) is 5.22. The van der Waals surface area contributed by atoms with Crippen LogP contribution in [-0.4, -0.2) is 35.8 Å². The summed E-state index contributed by atoms with van der Waals surface area (Å²) in [5.41, 5.74) is 1.33. The first-order valence-corrected chi connectivity index (χ1v) is 8.92. The van der Waals surface area contributed by atoms with Crippen molar-refractivity contribution in [1.29, 1.82) is 0 Å². The van der Waals surface area contributed by atoms with Gasteiger partial charge in [0.1, 0.15) is 0 Å². The van der Waals surface area contributed by atoms with Gasteiger partial charge in [0.25, 0.3) is 5.91 Å². The first kappa shape index (κ1) is 17.0. The van der Waals surface area contributed by atoms with Gasteiger partial charge in [0.15, 0.2) is 0 Å². The van der Waals surface area contributed by atoms with Crippen molar-refractivity contribution >= 4 is 23.2 Å². The van der Waals surface area contributed by atoms with Crippen molar-refractivity contribution < 1.29 is 9.59 Å². The van der Waals surface area contributed by atoms with Crippen LogP contribution in [0.4, 0.5) is 0 Å². The topological polar surface area (TPSA) is 49.4 Å². The second kappa shape index (κ2) is 7.27. The van der Waals surface area contributed by atoms with Crippen LogP contribution >= 0.6 is 11.3 Å². The first-order valence-electron chi connectivity index (χ1n) is 8.10. The number of carbonyl (C=O) groups excluding carboxylic acids is 2. The van der Waals surface area contributed by atoms with Gasteiger partial charge in [-0.2, -0.15) is 0 Å². The molecule has 1 aliphatic rings. The van der Waals surface area contributed by atoms with Crippen molar-refractivity contribution in [3.05, 3.63) is 21.4 Å². The van der Waals surface area contributed by atoms with Crippen molar-refractivity contribution in [2.45, 2.75) is 53.0 Å². The number of amides is 2. The van der Waals surface area contributed by atoms with Crippen LogP contribution in [0.1, 0.15) is 54.2 Å². The molecular formula is C17H26N2O2S. The number of thiophene rings is 1. The summed E-state index contributed by atoms with van der Waals surface area (Å²) >= 11 is 1.61. The Kier molecular flexibility index (Phi) is 5.62. The van der Waals surface area contributed by atoms with Gasteiger partial charge in [-0.15, -0.1) is 11.3 Å². The molecule has 0 spiro atoms. The minimum Gasteiger partial charge on any atom is -0.352 e. The van der Waals surface area contributed by atoms with E-state index >= 15 is 0 Å². The summed E-state index contributed by atoms with van der Waals surface area (Å²) in [7, 11) is 0. The molecule has 0 saturated carbocycles. The highest BCUT2D eigenvalue weighted by atomic mass is 32.1. The second-order valence-electron chi connectivity index (χ2n) is 6.45. The molecule has 5 heteroatoms. The molecule has 0 aliphatic heterocycles. The minimum absolute atomic E-state index is 0.0199. The standard InChI is InChI=1S/C17H26N2O2S/c1-5-19(10-16(20)18-11(2)3)17(21)15-9-13-8-12(4)6-7-14(13)22-15/h9,11-12H,5-8,10H2,1-4H3,(H,18,20)/t12-/m0/s1. The fraction of sp³-hybridized carbons (Fsp3) is 0.647. The van der Waals surface area contributed by atoms with E-state index in [9.17, 15) is 9.59 Å². The quantitative estimate of drug-likeness (QED) is 0.906. The molecule has 0 radical (unpaired) electrons. The lowest BCUT2D eigenvalue weighted by Gasteiger charge is -2.20. The summed E-state index contributed by atoms with van der Waals surface area (Å²) in [6.07, 6.45) is 3.35. The third-order valence-electron chi connectivity index (χ3n) is 3.99. The second-order valence-corrected chi connectivity index (χ2v) is 7.59. The van der Waals surface area contributed by atoms with Crippen molar-refractivity contribution in [3.8, 4) is 0 Å². The predicted molar refractivity (Wildman–Crippen MR) is 90.4 cm³/mol. The van der Waals surface area contributed by atoms with Crippen LogP contribution in [0.15, 0.2) is 6.07 Å². The van der Waals surface area contributed by atoms with Gasteiger partial charge in [-0.25, -0.2) is 0 Å². The summed E-state index contributed by atoms with van der Waals surface area (Å²) in [6, 6.07) is 2.14. The molecule has 2 amide bonds. The fourth-order valence-electron chi connectivity index (χ4n) is 2.84. The molecule has 1 aromatic rings. The Morgan fingerprint density at radius 1 is 1.45 bits per heavy atom. The first-order chi connectivity index (χ1) is 10.4. The molecule has 1 aliphatic carbocycles. The lowest BCUT2D eigenvalue weighted by Crippen LogP contribution is -2.42. The Hall–Kier alpha value is -1.36. The Morgan fingerprint density at radius 2 is 2.18 bits per heavy atom. The number of nitrogens with zero attached hydrogens (tertiary/aromatic N) is 1. The zero-order valence-corrected chi connectivity index (χ0v) is 14.8. The Balaban J connectivity index is 2.07. The smallest absolute Gasteiger partial charge is 0.264 e. The minimum atomic E-state index is -0.0971. The number of fused-ring (bicyclic) bond motifs is 1. The molecule has 22 heavy (non-hydrogen) atoms. The molecule has 4 nitrogen and oxygen atoms in total. The van der Waals surface area contributed by atoms with Crippen molar-refractivity contribution in [1.82, 2.24) is 10.2 Å². The summed E-state index contributed by atoms with van der Waals surface area (Å²) in [6.45, 7) is 8.69. The Morgan fingerprint density at radius 3 is 2.82 bits per heavy atom. The van der Waals surface area contributed by atoms with Crippen molar-refractivity contribution in [2.75, 3.05) is 13.1 Å².